The molecule has 7 nitrogen and oxygen atoms in total. The number of carbonyl (C=O) groups excluding carboxylic acids is 2. The monoisotopic (exact) mass is 353 g/mol. The van der Waals surface area contributed by atoms with E-state index in [0.717, 1.165) is 25.3 Å². The molecule has 0 aliphatic carbocycles. The number of benzene rings is 1. The van der Waals surface area contributed by atoms with E-state index in [2.05, 4.69) is 34.1 Å². The van der Waals surface area contributed by atoms with E-state index in [4.69, 9.17) is 5.73 Å². The molecule has 1 aromatic carbocycles. The molecule has 3 heterocycles. The summed E-state index contributed by atoms with van der Waals surface area (Å²) in [5.74, 6) is 0.866. The van der Waals surface area contributed by atoms with Gasteiger partial charge in [-0.15, -0.1) is 0 Å². The van der Waals surface area contributed by atoms with Gasteiger partial charge >= 0.3 is 0 Å². The number of likely N-dealkylation sites (tertiary alicyclic amines) is 1. The van der Waals surface area contributed by atoms with Crippen LogP contribution in [0.25, 0.3) is 0 Å². The minimum absolute atomic E-state index is 0.119. The normalized spacial score (nSPS) is 20.2. The highest BCUT2D eigenvalue weighted by Crippen LogP contribution is 2.27. The maximum absolute atomic E-state index is 12.7. The lowest BCUT2D eigenvalue weighted by molar-refractivity contribution is -0.133. The summed E-state index contributed by atoms with van der Waals surface area (Å²) in [5, 5.41) is 0. The van der Waals surface area contributed by atoms with Crippen LogP contribution in [0.5, 0.6) is 0 Å². The fourth-order valence-electron chi connectivity index (χ4n) is 3.93. The first-order chi connectivity index (χ1) is 12.6. The summed E-state index contributed by atoms with van der Waals surface area (Å²) in [6.07, 6.45) is 2.58. The van der Waals surface area contributed by atoms with Crippen LogP contribution in [0, 0.1) is 0 Å². The number of fused-ring (bicyclic) bond motifs is 1. The zero-order valence-corrected chi connectivity index (χ0v) is 14.7. The highest BCUT2D eigenvalue weighted by atomic mass is 16.2. The summed E-state index contributed by atoms with van der Waals surface area (Å²) in [6.45, 7) is 3.88. The predicted molar refractivity (Wildman–Crippen MR) is 96.4 cm³/mol. The molecule has 2 amide bonds. The zero-order chi connectivity index (χ0) is 18.1. The molecule has 7 heteroatoms. The van der Waals surface area contributed by atoms with Gasteiger partial charge in [-0.05, 0) is 24.4 Å². The van der Waals surface area contributed by atoms with Crippen molar-refractivity contribution in [1.82, 2.24) is 19.4 Å². The standard InChI is InChI=1S/C19H23N5O2/c20-19(26)16-10-21-17-12-23(8-9-24(16)17)18(25)13-22-7-6-15(11-22)14-4-2-1-3-5-14/h1-5,10,15H,6-9,11-13H2,(H2,20,26)/t15-/m0/s1. The molecule has 26 heavy (non-hydrogen) atoms. The maximum Gasteiger partial charge on any atom is 0.266 e. The third kappa shape index (κ3) is 3.22. The van der Waals surface area contributed by atoms with Gasteiger partial charge < -0.3 is 15.2 Å². The Morgan fingerprint density at radius 1 is 1.15 bits per heavy atom. The number of hydrogen-bond donors (Lipinski definition) is 1. The molecule has 2 aromatic rings. The van der Waals surface area contributed by atoms with Gasteiger partial charge in [0.1, 0.15) is 11.5 Å². The summed E-state index contributed by atoms with van der Waals surface area (Å²) >= 11 is 0. The van der Waals surface area contributed by atoms with E-state index >= 15 is 0 Å². The third-order valence-corrected chi connectivity index (χ3v) is 5.37. The molecule has 2 aliphatic heterocycles. The van der Waals surface area contributed by atoms with Gasteiger partial charge in [0.05, 0.1) is 19.3 Å². The Hall–Kier alpha value is -2.67. The van der Waals surface area contributed by atoms with Crippen LogP contribution in [0.15, 0.2) is 36.5 Å². The summed E-state index contributed by atoms with van der Waals surface area (Å²) < 4.78 is 1.81. The number of amides is 2. The van der Waals surface area contributed by atoms with Gasteiger partial charge in [-0.25, -0.2) is 4.98 Å². The molecule has 0 radical (unpaired) electrons. The number of carbonyl (C=O) groups is 2. The van der Waals surface area contributed by atoms with E-state index in [-0.39, 0.29) is 5.91 Å². The lowest BCUT2D eigenvalue weighted by Crippen LogP contribution is -2.44. The number of primary amides is 1. The van der Waals surface area contributed by atoms with Crippen molar-refractivity contribution >= 4 is 11.8 Å². The molecule has 4 rings (SSSR count). The summed E-state index contributed by atoms with van der Waals surface area (Å²) in [5.41, 5.74) is 7.12. The van der Waals surface area contributed by atoms with E-state index in [1.54, 1.807) is 0 Å². The topological polar surface area (TPSA) is 84.5 Å². The van der Waals surface area contributed by atoms with Gasteiger partial charge in [-0.1, -0.05) is 30.3 Å². The summed E-state index contributed by atoms with van der Waals surface area (Å²) in [6, 6.07) is 10.5. The van der Waals surface area contributed by atoms with E-state index in [0.29, 0.717) is 37.8 Å². The summed E-state index contributed by atoms with van der Waals surface area (Å²) in [7, 11) is 0. The molecule has 1 fully saturated rings. The van der Waals surface area contributed by atoms with E-state index in [9.17, 15) is 9.59 Å². The quantitative estimate of drug-likeness (QED) is 0.882. The Morgan fingerprint density at radius 3 is 2.73 bits per heavy atom. The molecule has 2 N–H and O–H groups in total. The van der Waals surface area contributed by atoms with Crippen molar-refractivity contribution in [3.05, 3.63) is 53.6 Å². The molecule has 1 saturated heterocycles. The minimum atomic E-state index is -0.479. The molecular weight excluding hydrogens is 330 g/mol. The van der Waals surface area contributed by atoms with Crippen LogP contribution >= 0.6 is 0 Å². The lowest BCUT2D eigenvalue weighted by Gasteiger charge is -2.29. The second-order valence-electron chi connectivity index (χ2n) is 7.02. The average molecular weight is 353 g/mol. The van der Waals surface area contributed by atoms with Crippen LogP contribution in [0.4, 0.5) is 0 Å². The SMILES string of the molecule is NC(=O)c1cnc2n1CCN(C(=O)CN1CC[C@H](c3ccccc3)C1)C2. The number of hydrogen-bond acceptors (Lipinski definition) is 4. The van der Waals surface area contributed by atoms with E-state index in [1.165, 1.54) is 11.8 Å². The molecule has 0 bridgehead atoms. The van der Waals surface area contributed by atoms with Crippen molar-refractivity contribution in [3.63, 3.8) is 0 Å². The van der Waals surface area contributed by atoms with Crippen molar-refractivity contribution in [2.24, 2.45) is 5.73 Å². The Balaban J connectivity index is 1.35. The van der Waals surface area contributed by atoms with Gasteiger partial charge in [-0.3, -0.25) is 14.5 Å². The molecule has 0 spiro atoms. The molecule has 1 aromatic heterocycles. The predicted octanol–water partition coefficient (Wildman–Crippen LogP) is 0.814. The van der Waals surface area contributed by atoms with Gasteiger partial charge in [-0.2, -0.15) is 0 Å². The van der Waals surface area contributed by atoms with Crippen molar-refractivity contribution in [2.45, 2.75) is 25.4 Å². The van der Waals surface area contributed by atoms with E-state index < -0.39 is 5.91 Å². The highest BCUT2D eigenvalue weighted by Gasteiger charge is 2.29. The fraction of sp³-hybridized carbons (Fsp3) is 0.421. The lowest BCUT2D eigenvalue weighted by atomic mass is 9.99. The second kappa shape index (κ2) is 6.92. The van der Waals surface area contributed by atoms with Crippen LogP contribution in [-0.2, 0) is 17.9 Å². The van der Waals surface area contributed by atoms with E-state index in [1.807, 2.05) is 15.5 Å². The van der Waals surface area contributed by atoms with Crippen LogP contribution in [-0.4, -0.2) is 57.3 Å². The van der Waals surface area contributed by atoms with Gasteiger partial charge in [0, 0.05) is 19.6 Å². The number of imidazole rings is 1. The summed E-state index contributed by atoms with van der Waals surface area (Å²) in [4.78, 5) is 32.4. The van der Waals surface area contributed by atoms with Gasteiger partial charge in [0.15, 0.2) is 0 Å². The second-order valence-corrected chi connectivity index (χ2v) is 7.02. The molecule has 136 valence electrons. The smallest absolute Gasteiger partial charge is 0.266 e. The van der Waals surface area contributed by atoms with Crippen molar-refractivity contribution in [1.29, 1.82) is 0 Å². The minimum Gasteiger partial charge on any atom is -0.364 e. The molecule has 0 unspecified atom stereocenters. The molecule has 1 atom stereocenters. The maximum atomic E-state index is 12.7. The number of nitrogens with zero attached hydrogens (tertiary/aromatic N) is 4. The van der Waals surface area contributed by atoms with Crippen molar-refractivity contribution in [3.8, 4) is 0 Å². The highest BCUT2D eigenvalue weighted by molar-refractivity contribution is 5.91. The molecule has 0 saturated carbocycles. The first kappa shape index (κ1) is 16.8. The fourth-order valence-corrected chi connectivity index (χ4v) is 3.93. The number of rotatable bonds is 4. The van der Waals surface area contributed by atoms with Gasteiger partial charge in [0.2, 0.25) is 5.91 Å². The number of nitrogens with two attached hydrogens (primary N) is 1. The van der Waals surface area contributed by atoms with Crippen LogP contribution in [0.3, 0.4) is 0 Å². The first-order valence-corrected chi connectivity index (χ1v) is 9.01. The van der Waals surface area contributed by atoms with Gasteiger partial charge in [0.25, 0.3) is 5.91 Å². The average Bonchev–Trinajstić information content (AvgIpc) is 3.28. The zero-order valence-electron chi connectivity index (χ0n) is 14.7. The Morgan fingerprint density at radius 2 is 1.96 bits per heavy atom. The molecular formula is C19H23N5O2. The first-order valence-electron chi connectivity index (χ1n) is 9.01. The largest absolute Gasteiger partial charge is 0.364 e. The Labute approximate surface area is 152 Å². The van der Waals surface area contributed by atoms with Crippen molar-refractivity contribution in [2.75, 3.05) is 26.2 Å². The van der Waals surface area contributed by atoms with Crippen LogP contribution in [0.2, 0.25) is 0 Å². The number of aromatic nitrogens is 2. The Kier molecular flexibility index (Phi) is 4.46. The van der Waals surface area contributed by atoms with Crippen LogP contribution < -0.4 is 5.73 Å². The van der Waals surface area contributed by atoms with Crippen LogP contribution in [0.1, 0.15) is 34.2 Å². The molecule has 2 aliphatic rings. The third-order valence-electron chi connectivity index (χ3n) is 5.37. The van der Waals surface area contributed by atoms with Crippen molar-refractivity contribution < 1.29 is 9.59 Å². The Bertz CT molecular complexity index is 817.